The maximum atomic E-state index is 5.56. The minimum Gasteiger partial charge on any atom is -0.381 e. The lowest BCUT2D eigenvalue weighted by atomic mass is 9.99. The van der Waals surface area contributed by atoms with Crippen LogP contribution in [0.4, 0.5) is 0 Å². The van der Waals surface area contributed by atoms with E-state index in [2.05, 4.69) is 34.4 Å². The molecule has 0 amide bonds. The Hall–Kier alpha value is -0.810. The predicted molar refractivity (Wildman–Crippen MR) is 104 cm³/mol. The Morgan fingerprint density at radius 1 is 1.04 bits per heavy atom. The van der Waals surface area contributed by atoms with Crippen molar-refractivity contribution in [2.24, 2.45) is 10.9 Å². The largest absolute Gasteiger partial charge is 0.381 e. The van der Waals surface area contributed by atoms with Gasteiger partial charge >= 0.3 is 0 Å². The average molecular weight is 341 g/mol. The van der Waals surface area contributed by atoms with Gasteiger partial charge in [0.1, 0.15) is 0 Å². The van der Waals surface area contributed by atoms with Gasteiger partial charge in [0.2, 0.25) is 0 Å². The molecule has 2 N–H and O–H groups in total. The van der Waals surface area contributed by atoms with E-state index in [9.17, 15) is 0 Å². The molecule has 1 rings (SSSR count). The van der Waals surface area contributed by atoms with Crippen molar-refractivity contribution in [3.63, 3.8) is 0 Å². The third-order valence-corrected chi connectivity index (χ3v) is 4.69. The summed E-state index contributed by atoms with van der Waals surface area (Å²) in [6.07, 6.45) is 8.60. The third kappa shape index (κ3) is 10.9. The second kappa shape index (κ2) is 14.5. The molecular weight excluding hydrogens is 300 g/mol. The molecule has 0 aromatic carbocycles. The van der Waals surface area contributed by atoms with Crippen LogP contribution in [0.5, 0.6) is 0 Å². The van der Waals surface area contributed by atoms with Crippen LogP contribution in [0.2, 0.25) is 0 Å². The number of ether oxygens (including phenoxy) is 1. The molecule has 1 fully saturated rings. The molecule has 142 valence electrons. The summed E-state index contributed by atoms with van der Waals surface area (Å²) in [7, 11) is 1.84. The van der Waals surface area contributed by atoms with Crippen molar-refractivity contribution in [1.82, 2.24) is 15.5 Å². The number of rotatable bonds is 12. The molecule has 24 heavy (non-hydrogen) atoms. The lowest BCUT2D eigenvalue weighted by Gasteiger charge is -2.30. The van der Waals surface area contributed by atoms with Crippen LogP contribution in [-0.4, -0.2) is 63.8 Å². The summed E-state index contributed by atoms with van der Waals surface area (Å²) in [6.45, 7) is 12.0. The number of piperidine rings is 1. The van der Waals surface area contributed by atoms with Gasteiger partial charge in [-0.05, 0) is 64.1 Å². The van der Waals surface area contributed by atoms with Gasteiger partial charge < -0.3 is 20.3 Å². The number of hydrogen-bond donors (Lipinski definition) is 2. The zero-order valence-corrected chi connectivity index (χ0v) is 16.3. The Morgan fingerprint density at radius 2 is 1.71 bits per heavy atom. The van der Waals surface area contributed by atoms with Gasteiger partial charge in [0, 0.05) is 33.4 Å². The molecule has 0 aromatic rings. The van der Waals surface area contributed by atoms with Crippen LogP contribution in [-0.2, 0) is 4.74 Å². The smallest absolute Gasteiger partial charge is 0.190 e. The summed E-state index contributed by atoms with van der Waals surface area (Å²) in [6, 6.07) is 0. The molecule has 1 heterocycles. The molecule has 1 saturated heterocycles. The van der Waals surface area contributed by atoms with Crippen molar-refractivity contribution >= 4 is 5.96 Å². The highest BCUT2D eigenvalue weighted by atomic mass is 16.5. The molecule has 1 aliphatic rings. The highest BCUT2D eigenvalue weighted by molar-refractivity contribution is 5.79. The summed E-state index contributed by atoms with van der Waals surface area (Å²) >= 11 is 0. The molecule has 5 nitrogen and oxygen atoms in total. The molecule has 0 aromatic heterocycles. The summed E-state index contributed by atoms with van der Waals surface area (Å²) in [5.74, 6) is 1.84. The van der Waals surface area contributed by atoms with E-state index in [0.717, 1.165) is 51.0 Å². The molecule has 1 aliphatic heterocycles. The summed E-state index contributed by atoms with van der Waals surface area (Å²) in [4.78, 5) is 6.89. The van der Waals surface area contributed by atoms with Crippen LogP contribution in [0.1, 0.15) is 58.8 Å². The lowest BCUT2D eigenvalue weighted by Crippen LogP contribution is -2.39. The Balaban J connectivity index is 1.92. The number of nitrogens with one attached hydrogen (secondary N) is 2. The van der Waals surface area contributed by atoms with Crippen LogP contribution in [0.15, 0.2) is 4.99 Å². The fourth-order valence-electron chi connectivity index (χ4n) is 2.90. The normalized spacial score (nSPS) is 17.2. The molecular formula is C19H40N4O. The first kappa shape index (κ1) is 21.2. The molecule has 0 aliphatic carbocycles. The topological polar surface area (TPSA) is 48.9 Å². The van der Waals surface area contributed by atoms with Crippen molar-refractivity contribution in [2.45, 2.75) is 58.8 Å². The Kier molecular flexibility index (Phi) is 12.9. The first-order valence-electron chi connectivity index (χ1n) is 10.0. The quantitative estimate of drug-likeness (QED) is 0.326. The van der Waals surface area contributed by atoms with E-state index in [-0.39, 0.29) is 0 Å². The van der Waals surface area contributed by atoms with Crippen LogP contribution >= 0.6 is 0 Å². The van der Waals surface area contributed by atoms with Gasteiger partial charge in [0.25, 0.3) is 0 Å². The Labute approximate surface area is 149 Å². The van der Waals surface area contributed by atoms with E-state index in [4.69, 9.17) is 4.74 Å². The summed E-state index contributed by atoms with van der Waals surface area (Å²) in [5, 5.41) is 6.76. The Bertz CT molecular complexity index is 314. The van der Waals surface area contributed by atoms with Gasteiger partial charge in [0.05, 0.1) is 0 Å². The van der Waals surface area contributed by atoms with Gasteiger partial charge in [0.15, 0.2) is 5.96 Å². The first-order valence-corrected chi connectivity index (χ1v) is 10.0. The van der Waals surface area contributed by atoms with Crippen LogP contribution in [0.3, 0.4) is 0 Å². The number of unbranched alkanes of at least 4 members (excludes halogenated alkanes) is 2. The minimum absolute atomic E-state index is 0.832. The number of likely N-dealkylation sites (tertiary alicyclic amines) is 1. The number of aliphatic imine (C=N–C) groups is 1. The summed E-state index contributed by atoms with van der Waals surface area (Å²) in [5.41, 5.74) is 0. The highest BCUT2D eigenvalue weighted by Crippen LogP contribution is 2.15. The lowest BCUT2D eigenvalue weighted by molar-refractivity contribution is 0.129. The maximum absolute atomic E-state index is 5.56. The predicted octanol–water partition coefficient (Wildman–Crippen LogP) is 2.87. The number of hydrogen-bond acceptors (Lipinski definition) is 3. The fraction of sp³-hybridized carbons (Fsp3) is 0.947. The second-order valence-electron chi connectivity index (χ2n) is 6.98. The van der Waals surface area contributed by atoms with Crippen LogP contribution < -0.4 is 10.6 Å². The SMILES string of the molecule is CCCCOCCCNC(=NC)NCCCCN1CCC(C)CC1. The van der Waals surface area contributed by atoms with E-state index >= 15 is 0 Å². The number of guanidine groups is 1. The van der Waals surface area contributed by atoms with Crippen molar-refractivity contribution in [1.29, 1.82) is 0 Å². The second-order valence-corrected chi connectivity index (χ2v) is 6.98. The third-order valence-electron chi connectivity index (χ3n) is 4.69. The number of nitrogens with zero attached hydrogens (tertiary/aromatic N) is 2. The van der Waals surface area contributed by atoms with Crippen LogP contribution in [0, 0.1) is 5.92 Å². The molecule has 0 spiro atoms. The van der Waals surface area contributed by atoms with Gasteiger partial charge in [-0.1, -0.05) is 20.3 Å². The minimum atomic E-state index is 0.832. The fourth-order valence-corrected chi connectivity index (χ4v) is 2.90. The molecule has 5 heteroatoms. The standard InChI is InChI=1S/C19H40N4O/c1-4-5-16-24-17-8-12-22-19(20-3)21-11-6-7-13-23-14-9-18(2)10-15-23/h18H,4-17H2,1-3H3,(H2,20,21,22). The first-order chi connectivity index (χ1) is 11.8. The van der Waals surface area contributed by atoms with Gasteiger partial charge in [-0.15, -0.1) is 0 Å². The molecule has 0 saturated carbocycles. The van der Waals surface area contributed by atoms with Gasteiger partial charge in [-0.2, -0.15) is 0 Å². The molecule has 0 unspecified atom stereocenters. The van der Waals surface area contributed by atoms with Crippen molar-refractivity contribution < 1.29 is 4.74 Å². The molecule has 0 atom stereocenters. The van der Waals surface area contributed by atoms with E-state index < -0.39 is 0 Å². The highest BCUT2D eigenvalue weighted by Gasteiger charge is 2.14. The summed E-state index contributed by atoms with van der Waals surface area (Å²) < 4.78 is 5.56. The zero-order valence-electron chi connectivity index (χ0n) is 16.3. The van der Waals surface area contributed by atoms with Crippen molar-refractivity contribution in [3.05, 3.63) is 0 Å². The van der Waals surface area contributed by atoms with Gasteiger partial charge in [-0.3, -0.25) is 4.99 Å². The van der Waals surface area contributed by atoms with Crippen molar-refractivity contribution in [2.75, 3.05) is 53.0 Å². The zero-order chi connectivity index (χ0) is 17.5. The average Bonchev–Trinajstić information content (AvgIpc) is 2.60. The monoisotopic (exact) mass is 340 g/mol. The van der Waals surface area contributed by atoms with Crippen molar-refractivity contribution in [3.8, 4) is 0 Å². The van der Waals surface area contributed by atoms with E-state index in [1.807, 2.05) is 7.05 Å². The molecule has 0 bridgehead atoms. The maximum Gasteiger partial charge on any atom is 0.190 e. The Morgan fingerprint density at radius 3 is 2.38 bits per heavy atom. The van der Waals surface area contributed by atoms with E-state index in [1.54, 1.807) is 0 Å². The van der Waals surface area contributed by atoms with Crippen LogP contribution in [0.25, 0.3) is 0 Å². The van der Waals surface area contributed by atoms with E-state index in [1.165, 1.54) is 51.7 Å². The molecule has 0 radical (unpaired) electrons. The van der Waals surface area contributed by atoms with Gasteiger partial charge in [-0.25, -0.2) is 0 Å². The van der Waals surface area contributed by atoms with E-state index in [0.29, 0.717) is 0 Å².